The fraction of sp³-hybridized carbons (Fsp3) is 0.600. The van der Waals surface area contributed by atoms with Crippen molar-refractivity contribution in [3.8, 4) is 5.75 Å². The van der Waals surface area contributed by atoms with Crippen molar-refractivity contribution in [2.24, 2.45) is 5.73 Å². The van der Waals surface area contributed by atoms with Crippen molar-refractivity contribution in [1.29, 1.82) is 0 Å². The Hall–Kier alpha value is -1.10. The summed E-state index contributed by atoms with van der Waals surface area (Å²) in [7, 11) is 3.41. The largest absolute Gasteiger partial charge is 0.497 e. The van der Waals surface area contributed by atoms with Gasteiger partial charge in [-0.2, -0.15) is 0 Å². The maximum absolute atomic E-state index is 5.56. The fourth-order valence-corrected chi connectivity index (χ4v) is 2.12. The molecule has 1 aromatic rings. The van der Waals surface area contributed by atoms with Crippen molar-refractivity contribution >= 4 is 0 Å². The molecule has 4 nitrogen and oxygen atoms in total. The fourth-order valence-electron chi connectivity index (χ4n) is 2.12. The van der Waals surface area contributed by atoms with Crippen LogP contribution >= 0.6 is 0 Å². The normalized spacial score (nSPS) is 14.1. The molecule has 0 aromatic heterocycles. The molecule has 0 aliphatic carbocycles. The minimum atomic E-state index is 0.281. The molecule has 0 aliphatic heterocycles. The van der Waals surface area contributed by atoms with Crippen LogP contribution in [-0.4, -0.2) is 33.4 Å². The van der Waals surface area contributed by atoms with Crippen LogP contribution in [0, 0.1) is 0 Å². The molecule has 0 aliphatic rings. The van der Waals surface area contributed by atoms with Crippen molar-refractivity contribution < 1.29 is 9.47 Å². The minimum absolute atomic E-state index is 0.281. The summed E-state index contributed by atoms with van der Waals surface area (Å²) in [6, 6.07) is 8.76. The summed E-state index contributed by atoms with van der Waals surface area (Å²) >= 11 is 0. The summed E-state index contributed by atoms with van der Waals surface area (Å²) in [4.78, 5) is 0. The summed E-state index contributed by atoms with van der Waals surface area (Å²) in [6.45, 7) is 3.59. The van der Waals surface area contributed by atoms with Crippen molar-refractivity contribution in [3.63, 3.8) is 0 Å². The SMILES string of the molecule is COCC(CCCN)N[C@H](C)c1ccc(OC)cc1. The van der Waals surface area contributed by atoms with E-state index in [4.69, 9.17) is 15.2 Å². The molecule has 108 valence electrons. The molecule has 1 unspecified atom stereocenters. The Labute approximate surface area is 116 Å². The number of benzene rings is 1. The summed E-state index contributed by atoms with van der Waals surface area (Å²) in [5.74, 6) is 0.882. The summed E-state index contributed by atoms with van der Waals surface area (Å²) in [6.07, 6.45) is 2.04. The van der Waals surface area contributed by atoms with Crippen LogP contribution in [-0.2, 0) is 4.74 Å². The first kappa shape index (κ1) is 16.0. The second-order valence-corrected chi connectivity index (χ2v) is 4.74. The molecule has 0 heterocycles. The first-order valence-electron chi connectivity index (χ1n) is 6.80. The van der Waals surface area contributed by atoms with E-state index in [0.717, 1.165) is 25.1 Å². The summed E-state index contributed by atoms with van der Waals surface area (Å²) in [5.41, 5.74) is 6.81. The first-order chi connectivity index (χ1) is 9.21. The van der Waals surface area contributed by atoms with Gasteiger partial charge in [-0.05, 0) is 44.0 Å². The summed E-state index contributed by atoms with van der Waals surface area (Å²) < 4.78 is 10.4. The Morgan fingerprint density at radius 2 is 1.89 bits per heavy atom. The molecule has 2 atom stereocenters. The van der Waals surface area contributed by atoms with E-state index in [-0.39, 0.29) is 6.04 Å². The maximum Gasteiger partial charge on any atom is 0.118 e. The van der Waals surface area contributed by atoms with E-state index in [0.29, 0.717) is 12.6 Å². The monoisotopic (exact) mass is 266 g/mol. The molecule has 0 radical (unpaired) electrons. The highest BCUT2D eigenvalue weighted by atomic mass is 16.5. The quantitative estimate of drug-likeness (QED) is 0.718. The standard InChI is InChI=1S/C15H26N2O2/c1-12(13-6-8-15(19-3)9-7-13)17-14(11-18-2)5-4-10-16/h6-9,12,14,17H,4-5,10-11,16H2,1-3H3/t12-,14?/m1/s1. The number of nitrogens with two attached hydrogens (primary N) is 1. The van der Waals surface area contributed by atoms with E-state index in [1.54, 1.807) is 14.2 Å². The van der Waals surface area contributed by atoms with Crippen LogP contribution in [0.15, 0.2) is 24.3 Å². The Balaban J connectivity index is 2.55. The van der Waals surface area contributed by atoms with Gasteiger partial charge >= 0.3 is 0 Å². The van der Waals surface area contributed by atoms with E-state index >= 15 is 0 Å². The Bertz CT molecular complexity index is 341. The molecule has 0 saturated heterocycles. The number of hydrogen-bond acceptors (Lipinski definition) is 4. The number of methoxy groups -OCH3 is 2. The lowest BCUT2D eigenvalue weighted by Crippen LogP contribution is -2.35. The molecule has 0 bridgehead atoms. The van der Waals surface area contributed by atoms with E-state index in [1.807, 2.05) is 12.1 Å². The van der Waals surface area contributed by atoms with Gasteiger partial charge in [-0.1, -0.05) is 12.1 Å². The van der Waals surface area contributed by atoms with Crippen molar-refractivity contribution in [2.45, 2.75) is 31.8 Å². The van der Waals surface area contributed by atoms with Crippen LogP contribution in [0.1, 0.15) is 31.4 Å². The van der Waals surface area contributed by atoms with Gasteiger partial charge in [-0.25, -0.2) is 0 Å². The molecule has 0 amide bonds. The van der Waals surface area contributed by atoms with Crippen LogP contribution < -0.4 is 15.8 Å². The van der Waals surface area contributed by atoms with Gasteiger partial charge < -0.3 is 20.5 Å². The van der Waals surface area contributed by atoms with Gasteiger partial charge in [0.2, 0.25) is 0 Å². The zero-order valence-corrected chi connectivity index (χ0v) is 12.2. The summed E-state index contributed by atoms with van der Waals surface area (Å²) in [5, 5.41) is 3.59. The van der Waals surface area contributed by atoms with Crippen molar-refractivity contribution in [2.75, 3.05) is 27.4 Å². The molecule has 1 aromatic carbocycles. The lowest BCUT2D eigenvalue weighted by Gasteiger charge is -2.23. The Morgan fingerprint density at radius 3 is 2.42 bits per heavy atom. The average molecular weight is 266 g/mol. The van der Waals surface area contributed by atoms with Crippen molar-refractivity contribution in [1.82, 2.24) is 5.32 Å². The maximum atomic E-state index is 5.56. The molecule has 0 spiro atoms. The van der Waals surface area contributed by atoms with Crippen LogP contribution in [0.4, 0.5) is 0 Å². The highest BCUT2D eigenvalue weighted by molar-refractivity contribution is 5.28. The molecule has 1 rings (SSSR count). The predicted molar refractivity (Wildman–Crippen MR) is 78.5 cm³/mol. The van der Waals surface area contributed by atoms with Gasteiger partial charge in [0.05, 0.1) is 13.7 Å². The molecule has 0 saturated carbocycles. The smallest absolute Gasteiger partial charge is 0.118 e. The number of rotatable bonds is 9. The lowest BCUT2D eigenvalue weighted by atomic mass is 10.1. The second kappa shape index (κ2) is 8.91. The predicted octanol–water partition coefficient (Wildman–Crippen LogP) is 2.10. The van der Waals surface area contributed by atoms with Gasteiger partial charge in [0, 0.05) is 19.2 Å². The average Bonchev–Trinajstić information content (AvgIpc) is 2.45. The lowest BCUT2D eigenvalue weighted by molar-refractivity contribution is 0.156. The van der Waals surface area contributed by atoms with E-state index < -0.39 is 0 Å². The van der Waals surface area contributed by atoms with E-state index in [2.05, 4.69) is 24.4 Å². The van der Waals surface area contributed by atoms with E-state index in [1.165, 1.54) is 5.56 Å². The molecular weight excluding hydrogens is 240 g/mol. The second-order valence-electron chi connectivity index (χ2n) is 4.74. The Kier molecular flexibility index (Phi) is 7.48. The van der Waals surface area contributed by atoms with Gasteiger partial charge in [0.25, 0.3) is 0 Å². The number of hydrogen-bond donors (Lipinski definition) is 2. The molecular formula is C15H26N2O2. The zero-order valence-electron chi connectivity index (χ0n) is 12.2. The zero-order chi connectivity index (χ0) is 14.1. The molecule has 3 N–H and O–H groups in total. The van der Waals surface area contributed by atoms with Crippen LogP contribution in [0.25, 0.3) is 0 Å². The highest BCUT2D eigenvalue weighted by Gasteiger charge is 2.13. The Morgan fingerprint density at radius 1 is 1.21 bits per heavy atom. The third-order valence-corrected chi connectivity index (χ3v) is 3.23. The molecule has 4 heteroatoms. The molecule has 19 heavy (non-hydrogen) atoms. The minimum Gasteiger partial charge on any atom is -0.497 e. The van der Waals surface area contributed by atoms with Crippen LogP contribution in [0.2, 0.25) is 0 Å². The van der Waals surface area contributed by atoms with Gasteiger partial charge in [-0.15, -0.1) is 0 Å². The third kappa shape index (κ3) is 5.59. The number of nitrogens with one attached hydrogen (secondary N) is 1. The molecule has 0 fully saturated rings. The number of ether oxygens (including phenoxy) is 2. The van der Waals surface area contributed by atoms with E-state index in [9.17, 15) is 0 Å². The van der Waals surface area contributed by atoms with Gasteiger partial charge in [0.15, 0.2) is 0 Å². The van der Waals surface area contributed by atoms with Crippen LogP contribution in [0.5, 0.6) is 5.75 Å². The third-order valence-electron chi connectivity index (χ3n) is 3.23. The highest BCUT2D eigenvalue weighted by Crippen LogP contribution is 2.18. The van der Waals surface area contributed by atoms with Crippen molar-refractivity contribution in [3.05, 3.63) is 29.8 Å². The first-order valence-corrected chi connectivity index (χ1v) is 6.80. The van der Waals surface area contributed by atoms with Crippen LogP contribution in [0.3, 0.4) is 0 Å². The topological polar surface area (TPSA) is 56.5 Å². The van der Waals surface area contributed by atoms with Gasteiger partial charge in [-0.3, -0.25) is 0 Å². The van der Waals surface area contributed by atoms with Gasteiger partial charge in [0.1, 0.15) is 5.75 Å².